The van der Waals surface area contributed by atoms with Gasteiger partial charge in [0, 0.05) is 25.1 Å². The molecule has 100 valence electrons. The van der Waals surface area contributed by atoms with E-state index in [0.29, 0.717) is 30.3 Å². The largest absolute Gasteiger partial charge is 0.365 e. The number of hydrogen-bond donors (Lipinski definition) is 3. The summed E-state index contributed by atoms with van der Waals surface area (Å²) in [5.74, 6) is 1.31. The molecule has 2 aromatic heterocycles. The normalized spacial score (nSPS) is 19.4. The second-order valence-electron chi connectivity index (χ2n) is 4.59. The lowest BCUT2D eigenvalue weighted by Crippen LogP contribution is -2.42. The number of anilines is 1. The fraction of sp³-hybridized carbons (Fsp3) is 0.455. The van der Waals surface area contributed by atoms with Gasteiger partial charge in [-0.2, -0.15) is 5.10 Å². The number of aromatic nitrogens is 4. The zero-order valence-corrected chi connectivity index (χ0v) is 10.4. The van der Waals surface area contributed by atoms with Gasteiger partial charge in [-0.05, 0) is 13.3 Å². The van der Waals surface area contributed by atoms with Crippen molar-refractivity contribution in [3.8, 4) is 0 Å². The Balaban J connectivity index is 1.85. The number of rotatable bonds is 2. The molecule has 1 unspecified atom stereocenters. The van der Waals surface area contributed by atoms with Crippen molar-refractivity contribution in [3.05, 3.63) is 22.4 Å². The molecular formula is C11H14N6O2. The summed E-state index contributed by atoms with van der Waals surface area (Å²) in [6, 6.07) is 1.86. The smallest absolute Gasteiger partial charge is 0.349 e. The Morgan fingerprint density at radius 3 is 3.05 bits per heavy atom. The summed E-state index contributed by atoms with van der Waals surface area (Å²) < 4.78 is 1.41. The molecule has 1 aliphatic heterocycles. The van der Waals surface area contributed by atoms with Crippen LogP contribution in [0.25, 0.3) is 5.65 Å². The van der Waals surface area contributed by atoms with E-state index in [1.165, 1.54) is 4.40 Å². The van der Waals surface area contributed by atoms with Gasteiger partial charge in [-0.15, -0.1) is 0 Å². The monoisotopic (exact) mass is 262 g/mol. The zero-order valence-electron chi connectivity index (χ0n) is 10.4. The molecule has 1 aliphatic rings. The number of fused-ring (bicyclic) bond motifs is 1. The first-order chi connectivity index (χ1) is 9.13. The van der Waals surface area contributed by atoms with Crippen molar-refractivity contribution in [2.75, 3.05) is 11.9 Å². The molecular weight excluding hydrogens is 248 g/mol. The second-order valence-corrected chi connectivity index (χ2v) is 4.59. The first-order valence-electron chi connectivity index (χ1n) is 6.11. The number of piperidine rings is 1. The van der Waals surface area contributed by atoms with Crippen LogP contribution < -0.4 is 16.3 Å². The van der Waals surface area contributed by atoms with E-state index in [9.17, 15) is 9.59 Å². The highest BCUT2D eigenvalue weighted by molar-refractivity contribution is 5.77. The highest BCUT2D eigenvalue weighted by Crippen LogP contribution is 2.12. The summed E-state index contributed by atoms with van der Waals surface area (Å²) in [6.45, 7) is 2.33. The van der Waals surface area contributed by atoms with Crippen LogP contribution in [0.3, 0.4) is 0 Å². The van der Waals surface area contributed by atoms with Gasteiger partial charge in [0.05, 0.1) is 0 Å². The third kappa shape index (κ3) is 2.16. The minimum atomic E-state index is -0.295. The zero-order chi connectivity index (χ0) is 13.4. The number of nitrogens with one attached hydrogen (secondary N) is 3. The maximum Gasteiger partial charge on any atom is 0.349 e. The molecule has 1 amide bonds. The van der Waals surface area contributed by atoms with Gasteiger partial charge in [0.25, 0.3) is 0 Å². The highest BCUT2D eigenvalue weighted by Gasteiger charge is 2.18. The fourth-order valence-electron chi connectivity index (χ4n) is 2.24. The molecule has 3 heterocycles. The number of nitrogens with zero attached hydrogens (tertiary/aromatic N) is 3. The number of aromatic amines is 1. The molecule has 1 fully saturated rings. The molecule has 19 heavy (non-hydrogen) atoms. The average Bonchev–Trinajstić information content (AvgIpc) is 2.74. The SMILES string of the molecule is Cc1nc(NC2CCC(=O)NC2)cc2n[nH]c(=O)n12. The number of aryl methyl sites for hydroxylation is 1. The molecule has 0 saturated carbocycles. The van der Waals surface area contributed by atoms with Crippen molar-refractivity contribution in [2.24, 2.45) is 0 Å². The van der Waals surface area contributed by atoms with Crippen LogP contribution in [-0.4, -0.2) is 38.1 Å². The Morgan fingerprint density at radius 2 is 2.32 bits per heavy atom. The number of H-pyrrole nitrogens is 1. The minimum absolute atomic E-state index is 0.0801. The predicted molar refractivity (Wildman–Crippen MR) is 68.0 cm³/mol. The first kappa shape index (κ1) is 11.7. The fourth-order valence-corrected chi connectivity index (χ4v) is 2.24. The van der Waals surface area contributed by atoms with E-state index in [-0.39, 0.29) is 17.6 Å². The van der Waals surface area contributed by atoms with Gasteiger partial charge in [0.2, 0.25) is 5.91 Å². The van der Waals surface area contributed by atoms with Gasteiger partial charge < -0.3 is 10.6 Å². The van der Waals surface area contributed by atoms with Gasteiger partial charge in [-0.3, -0.25) is 4.79 Å². The van der Waals surface area contributed by atoms with Gasteiger partial charge in [0.15, 0.2) is 5.65 Å². The number of carbonyl (C=O) groups is 1. The number of amides is 1. The Labute approximate surface area is 108 Å². The summed E-state index contributed by atoms with van der Waals surface area (Å²) in [4.78, 5) is 26.9. The van der Waals surface area contributed by atoms with Crippen LogP contribution in [0.4, 0.5) is 5.82 Å². The predicted octanol–water partition coefficient (Wildman–Crippen LogP) is -0.583. The van der Waals surface area contributed by atoms with Crippen molar-refractivity contribution < 1.29 is 4.79 Å². The van der Waals surface area contributed by atoms with E-state index in [0.717, 1.165) is 6.42 Å². The van der Waals surface area contributed by atoms with Gasteiger partial charge in [-0.1, -0.05) is 0 Å². The number of hydrogen-bond acceptors (Lipinski definition) is 5. The molecule has 1 atom stereocenters. The highest BCUT2D eigenvalue weighted by atomic mass is 16.2. The van der Waals surface area contributed by atoms with Crippen molar-refractivity contribution >= 4 is 17.4 Å². The average molecular weight is 262 g/mol. The standard InChI is InChI=1S/C11H14N6O2/c1-6-13-8(4-9-15-16-11(19)17(6)9)14-7-2-3-10(18)12-5-7/h4,7,14H,2-3,5H2,1H3,(H,12,18)(H,16,19). The van der Waals surface area contributed by atoms with Crippen LogP contribution in [0.5, 0.6) is 0 Å². The first-order valence-corrected chi connectivity index (χ1v) is 6.11. The Kier molecular flexibility index (Phi) is 2.69. The van der Waals surface area contributed by atoms with Crippen molar-refractivity contribution in [1.82, 2.24) is 24.9 Å². The molecule has 0 spiro atoms. The topological polar surface area (TPSA) is 104 Å². The second kappa shape index (κ2) is 4.38. The van der Waals surface area contributed by atoms with Crippen LogP contribution in [-0.2, 0) is 4.79 Å². The van der Waals surface area contributed by atoms with E-state index < -0.39 is 0 Å². The van der Waals surface area contributed by atoms with Crippen molar-refractivity contribution in [2.45, 2.75) is 25.8 Å². The van der Waals surface area contributed by atoms with Gasteiger partial charge in [-0.25, -0.2) is 19.3 Å². The Hall–Kier alpha value is -2.38. The maximum atomic E-state index is 11.5. The molecule has 3 N–H and O–H groups in total. The maximum absolute atomic E-state index is 11.5. The molecule has 3 rings (SSSR count). The molecule has 0 radical (unpaired) electrons. The summed E-state index contributed by atoms with van der Waals surface area (Å²) in [5.41, 5.74) is 0.233. The number of carbonyl (C=O) groups excluding carboxylic acids is 1. The van der Waals surface area contributed by atoms with E-state index in [4.69, 9.17) is 0 Å². The summed E-state index contributed by atoms with van der Waals surface area (Å²) in [7, 11) is 0. The minimum Gasteiger partial charge on any atom is -0.365 e. The van der Waals surface area contributed by atoms with Crippen LogP contribution in [0.1, 0.15) is 18.7 Å². The Bertz CT molecular complexity index is 678. The quantitative estimate of drug-likeness (QED) is 0.671. The van der Waals surface area contributed by atoms with Crippen molar-refractivity contribution in [3.63, 3.8) is 0 Å². The van der Waals surface area contributed by atoms with E-state index in [1.54, 1.807) is 13.0 Å². The summed E-state index contributed by atoms with van der Waals surface area (Å²) in [5, 5.41) is 12.4. The van der Waals surface area contributed by atoms with E-state index >= 15 is 0 Å². The molecule has 2 aromatic rings. The van der Waals surface area contributed by atoms with E-state index in [2.05, 4.69) is 25.8 Å². The van der Waals surface area contributed by atoms with Crippen LogP contribution >= 0.6 is 0 Å². The van der Waals surface area contributed by atoms with Crippen LogP contribution in [0, 0.1) is 6.92 Å². The summed E-state index contributed by atoms with van der Waals surface area (Å²) in [6.07, 6.45) is 1.28. The van der Waals surface area contributed by atoms with Gasteiger partial charge >= 0.3 is 5.69 Å². The molecule has 0 aliphatic carbocycles. The molecule has 8 heteroatoms. The summed E-state index contributed by atoms with van der Waals surface area (Å²) >= 11 is 0. The van der Waals surface area contributed by atoms with Crippen LogP contribution in [0.2, 0.25) is 0 Å². The van der Waals surface area contributed by atoms with Crippen LogP contribution in [0.15, 0.2) is 10.9 Å². The molecule has 8 nitrogen and oxygen atoms in total. The Morgan fingerprint density at radius 1 is 1.47 bits per heavy atom. The lowest BCUT2D eigenvalue weighted by Gasteiger charge is -2.24. The lowest BCUT2D eigenvalue weighted by molar-refractivity contribution is -0.122. The van der Waals surface area contributed by atoms with Gasteiger partial charge in [0.1, 0.15) is 11.6 Å². The lowest BCUT2D eigenvalue weighted by atomic mass is 10.1. The molecule has 0 bridgehead atoms. The third-order valence-electron chi connectivity index (χ3n) is 3.19. The molecule has 0 aromatic carbocycles. The van der Waals surface area contributed by atoms with Crippen molar-refractivity contribution in [1.29, 1.82) is 0 Å². The third-order valence-corrected chi connectivity index (χ3v) is 3.19. The molecule has 1 saturated heterocycles. The van der Waals surface area contributed by atoms with E-state index in [1.807, 2.05) is 0 Å².